The zero-order valence-electron chi connectivity index (χ0n) is 10.6. The molecule has 0 N–H and O–H groups in total. The summed E-state index contributed by atoms with van der Waals surface area (Å²) in [5.41, 5.74) is 0. The number of carbonyl (C=O) groups is 1. The summed E-state index contributed by atoms with van der Waals surface area (Å²) < 4.78 is 5.40. The first-order valence-electron chi connectivity index (χ1n) is 6.77. The molecule has 3 atom stereocenters. The summed E-state index contributed by atoms with van der Waals surface area (Å²) in [6.07, 6.45) is 5.32. The van der Waals surface area contributed by atoms with Crippen LogP contribution in [0.3, 0.4) is 0 Å². The molecule has 92 valence electrons. The van der Waals surface area contributed by atoms with E-state index >= 15 is 0 Å². The minimum absolute atomic E-state index is 0.341. The number of ether oxygens (including phenoxy) is 1. The highest BCUT2D eigenvalue weighted by Gasteiger charge is 2.32. The molecule has 2 aliphatic rings. The first kappa shape index (κ1) is 12.1. The van der Waals surface area contributed by atoms with Crippen molar-refractivity contribution in [3.8, 4) is 0 Å². The standard InChI is InChI=1S/C14H24O2/c1-10(2)12-3-4-14(15)13(8-12)7-11-5-6-16-9-11/h10-13H,3-9H2,1-2H3. The van der Waals surface area contributed by atoms with E-state index in [0.717, 1.165) is 57.2 Å². The summed E-state index contributed by atoms with van der Waals surface area (Å²) >= 11 is 0. The molecule has 0 amide bonds. The zero-order chi connectivity index (χ0) is 11.5. The van der Waals surface area contributed by atoms with Crippen molar-refractivity contribution in [1.29, 1.82) is 0 Å². The average molecular weight is 224 g/mol. The van der Waals surface area contributed by atoms with Gasteiger partial charge in [-0.05, 0) is 43.4 Å². The molecular weight excluding hydrogens is 200 g/mol. The topological polar surface area (TPSA) is 26.3 Å². The van der Waals surface area contributed by atoms with Gasteiger partial charge in [0.05, 0.1) is 0 Å². The monoisotopic (exact) mass is 224 g/mol. The van der Waals surface area contributed by atoms with E-state index in [1.54, 1.807) is 0 Å². The molecule has 0 spiro atoms. The Morgan fingerprint density at radius 3 is 2.81 bits per heavy atom. The molecule has 16 heavy (non-hydrogen) atoms. The lowest BCUT2D eigenvalue weighted by molar-refractivity contribution is -0.126. The number of carbonyl (C=O) groups excluding carboxylic acids is 1. The van der Waals surface area contributed by atoms with Crippen LogP contribution < -0.4 is 0 Å². The van der Waals surface area contributed by atoms with E-state index in [9.17, 15) is 4.79 Å². The van der Waals surface area contributed by atoms with Crippen molar-refractivity contribution in [2.24, 2.45) is 23.7 Å². The minimum atomic E-state index is 0.341. The van der Waals surface area contributed by atoms with E-state index in [0.29, 0.717) is 17.6 Å². The van der Waals surface area contributed by atoms with Crippen LogP contribution in [0.15, 0.2) is 0 Å². The van der Waals surface area contributed by atoms with Crippen molar-refractivity contribution in [2.45, 2.75) is 46.0 Å². The van der Waals surface area contributed by atoms with Crippen LogP contribution in [0.25, 0.3) is 0 Å². The number of hydrogen-bond donors (Lipinski definition) is 0. The van der Waals surface area contributed by atoms with Gasteiger partial charge in [-0.3, -0.25) is 4.79 Å². The summed E-state index contributed by atoms with van der Waals surface area (Å²) in [4.78, 5) is 11.9. The van der Waals surface area contributed by atoms with E-state index in [1.807, 2.05) is 0 Å². The third kappa shape index (κ3) is 2.85. The molecule has 1 heterocycles. The molecule has 2 rings (SSSR count). The number of rotatable bonds is 3. The summed E-state index contributed by atoms with van der Waals surface area (Å²) in [6.45, 7) is 6.36. The van der Waals surface area contributed by atoms with Gasteiger partial charge in [0, 0.05) is 25.6 Å². The molecule has 0 radical (unpaired) electrons. The van der Waals surface area contributed by atoms with Gasteiger partial charge in [0.25, 0.3) is 0 Å². The Balaban J connectivity index is 1.87. The van der Waals surface area contributed by atoms with Gasteiger partial charge in [0.2, 0.25) is 0 Å². The van der Waals surface area contributed by atoms with Gasteiger partial charge in [-0.15, -0.1) is 0 Å². The van der Waals surface area contributed by atoms with E-state index in [-0.39, 0.29) is 0 Å². The maximum atomic E-state index is 11.9. The maximum Gasteiger partial charge on any atom is 0.136 e. The number of Topliss-reactive ketones (excluding diaryl/α,β-unsaturated/α-hetero) is 1. The van der Waals surface area contributed by atoms with Crippen LogP contribution in [0.1, 0.15) is 46.0 Å². The van der Waals surface area contributed by atoms with Crippen molar-refractivity contribution in [3.63, 3.8) is 0 Å². The normalized spacial score (nSPS) is 35.9. The quantitative estimate of drug-likeness (QED) is 0.736. The van der Waals surface area contributed by atoms with E-state index in [4.69, 9.17) is 4.74 Å². The van der Waals surface area contributed by atoms with Gasteiger partial charge >= 0.3 is 0 Å². The summed E-state index contributed by atoms with van der Waals surface area (Å²) in [5, 5.41) is 0. The largest absolute Gasteiger partial charge is 0.381 e. The minimum Gasteiger partial charge on any atom is -0.381 e. The lowest BCUT2D eigenvalue weighted by Gasteiger charge is -2.31. The fourth-order valence-electron chi connectivity index (χ4n) is 3.15. The Morgan fingerprint density at radius 2 is 2.19 bits per heavy atom. The van der Waals surface area contributed by atoms with Crippen molar-refractivity contribution in [3.05, 3.63) is 0 Å². The second kappa shape index (κ2) is 5.31. The lowest BCUT2D eigenvalue weighted by Crippen LogP contribution is -2.29. The highest BCUT2D eigenvalue weighted by atomic mass is 16.5. The lowest BCUT2D eigenvalue weighted by atomic mass is 9.73. The Hall–Kier alpha value is -0.370. The summed E-state index contributed by atoms with van der Waals surface area (Å²) in [5.74, 6) is 3.01. The Kier molecular flexibility index (Phi) is 4.01. The fraction of sp³-hybridized carbons (Fsp3) is 0.929. The molecule has 0 aromatic carbocycles. The Bertz CT molecular complexity index is 239. The molecule has 0 aromatic rings. The van der Waals surface area contributed by atoms with Gasteiger partial charge in [-0.25, -0.2) is 0 Å². The van der Waals surface area contributed by atoms with Gasteiger partial charge in [0.15, 0.2) is 0 Å². The number of hydrogen-bond acceptors (Lipinski definition) is 2. The molecular formula is C14H24O2. The highest BCUT2D eigenvalue weighted by Crippen LogP contribution is 2.36. The Labute approximate surface area is 98.7 Å². The molecule has 2 heteroatoms. The van der Waals surface area contributed by atoms with Crippen LogP contribution in [0.2, 0.25) is 0 Å². The molecule has 1 aliphatic heterocycles. The van der Waals surface area contributed by atoms with Crippen molar-refractivity contribution < 1.29 is 9.53 Å². The molecule has 0 aromatic heterocycles. The predicted molar refractivity (Wildman–Crippen MR) is 64.2 cm³/mol. The van der Waals surface area contributed by atoms with Gasteiger partial charge in [-0.1, -0.05) is 13.8 Å². The second-order valence-electron chi connectivity index (χ2n) is 5.91. The van der Waals surface area contributed by atoms with Crippen LogP contribution in [-0.2, 0) is 9.53 Å². The summed E-state index contributed by atoms with van der Waals surface area (Å²) in [7, 11) is 0. The number of ketones is 1. The molecule has 0 bridgehead atoms. The maximum absolute atomic E-state index is 11.9. The van der Waals surface area contributed by atoms with Crippen LogP contribution in [0.4, 0.5) is 0 Å². The predicted octanol–water partition coefficient (Wildman–Crippen LogP) is 3.05. The SMILES string of the molecule is CC(C)C1CCC(=O)C(CC2CCOC2)C1. The first-order valence-corrected chi connectivity index (χ1v) is 6.77. The first-order chi connectivity index (χ1) is 7.66. The van der Waals surface area contributed by atoms with Crippen LogP contribution in [0.5, 0.6) is 0 Å². The van der Waals surface area contributed by atoms with Crippen molar-refractivity contribution in [2.75, 3.05) is 13.2 Å². The molecule has 2 nitrogen and oxygen atoms in total. The Morgan fingerprint density at radius 1 is 1.38 bits per heavy atom. The zero-order valence-corrected chi connectivity index (χ0v) is 10.6. The third-order valence-corrected chi connectivity index (χ3v) is 4.39. The average Bonchev–Trinajstić information content (AvgIpc) is 2.73. The molecule has 1 saturated carbocycles. The highest BCUT2D eigenvalue weighted by molar-refractivity contribution is 5.81. The third-order valence-electron chi connectivity index (χ3n) is 4.39. The smallest absolute Gasteiger partial charge is 0.136 e. The van der Waals surface area contributed by atoms with Gasteiger partial charge in [-0.2, -0.15) is 0 Å². The van der Waals surface area contributed by atoms with Crippen LogP contribution in [-0.4, -0.2) is 19.0 Å². The molecule has 3 unspecified atom stereocenters. The van der Waals surface area contributed by atoms with E-state index in [2.05, 4.69) is 13.8 Å². The summed E-state index contributed by atoms with van der Waals surface area (Å²) in [6, 6.07) is 0. The molecule has 1 aliphatic carbocycles. The van der Waals surface area contributed by atoms with Crippen LogP contribution in [0, 0.1) is 23.7 Å². The molecule has 1 saturated heterocycles. The van der Waals surface area contributed by atoms with Crippen molar-refractivity contribution in [1.82, 2.24) is 0 Å². The van der Waals surface area contributed by atoms with Gasteiger partial charge < -0.3 is 4.74 Å². The molecule has 2 fully saturated rings. The van der Waals surface area contributed by atoms with E-state index < -0.39 is 0 Å². The van der Waals surface area contributed by atoms with Crippen molar-refractivity contribution >= 4 is 5.78 Å². The fourth-order valence-corrected chi connectivity index (χ4v) is 3.15. The van der Waals surface area contributed by atoms with E-state index in [1.165, 1.54) is 0 Å². The van der Waals surface area contributed by atoms with Crippen LogP contribution >= 0.6 is 0 Å². The second-order valence-corrected chi connectivity index (χ2v) is 5.91. The van der Waals surface area contributed by atoms with Gasteiger partial charge in [0.1, 0.15) is 5.78 Å².